The summed E-state index contributed by atoms with van der Waals surface area (Å²) in [6.45, 7) is 3.45. The molecule has 2 nitrogen and oxygen atoms in total. The first-order valence-corrected chi connectivity index (χ1v) is 7.98. The summed E-state index contributed by atoms with van der Waals surface area (Å²) in [5, 5.41) is 12.1. The molecule has 1 atom stereocenters. The number of hydrogen-bond donors (Lipinski definition) is 0. The van der Waals surface area contributed by atoms with Crippen LogP contribution in [-0.4, -0.2) is 24.5 Å². The molecular weight excluding hydrogens is 256 g/mol. The van der Waals surface area contributed by atoms with Crippen LogP contribution in [0.1, 0.15) is 37.2 Å². The van der Waals surface area contributed by atoms with Gasteiger partial charge in [-0.05, 0) is 55.2 Å². The van der Waals surface area contributed by atoms with Crippen molar-refractivity contribution in [1.82, 2.24) is 4.90 Å². The molecule has 0 amide bonds. The standard InChI is InChI=1S/C19H22N2/c20-15-17(11-14-21-12-4-1-5-13-21)19-10-6-8-16-7-2-3-9-18(16)19/h2-3,6-10,17H,1,4-5,11-14H2/t17-/m1/s1. The van der Waals surface area contributed by atoms with Gasteiger partial charge in [-0.1, -0.05) is 48.9 Å². The van der Waals surface area contributed by atoms with Crippen LogP contribution < -0.4 is 0 Å². The summed E-state index contributed by atoms with van der Waals surface area (Å²) in [4.78, 5) is 2.51. The number of nitrogens with zero attached hydrogens (tertiary/aromatic N) is 2. The maximum atomic E-state index is 9.60. The Hall–Kier alpha value is -1.85. The fourth-order valence-corrected chi connectivity index (χ4v) is 3.34. The molecule has 0 saturated carbocycles. The Kier molecular flexibility index (Phi) is 4.52. The summed E-state index contributed by atoms with van der Waals surface area (Å²) in [7, 11) is 0. The van der Waals surface area contributed by atoms with E-state index in [1.807, 2.05) is 0 Å². The Morgan fingerprint density at radius 1 is 1.00 bits per heavy atom. The van der Waals surface area contributed by atoms with E-state index in [1.54, 1.807) is 0 Å². The monoisotopic (exact) mass is 278 g/mol. The van der Waals surface area contributed by atoms with Gasteiger partial charge >= 0.3 is 0 Å². The first-order chi connectivity index (χ1) is 10.4. The van der Waals surface area contributed by atoms with Crippen LogP contribution >= 0.6 is 0 Å². The quantitative estimate of drug-likeness (QED) is 0.832. The van der Waals surface area contributed by atoms with Gasteiger partial charge < -0.3 is 4.90 Å². The highest BCUT2D eigenvalue weighted by Crippen LogP contribution is 2.28. The van der Waals surface area contributed by atoms with Crippen molar-refractivity contribution in [2.75, 3.05) is 19.6 Å². The number of hydrogen-bond acceptors (Lipinski definition) is 2. The Morgan fingerprint density at radius 2 is 1.76 bits per heavy atom. The molecule has 1 aliphatic heterocycles. The molecule has 108 valence electrons. The normalized spacial score (nSPS) is 17.5. The molecular formula is C19H22N2. The molecule has 0 unspecified atom stereocenters. The zero-order valence-corrected chi connectivity index (χ0v) is 12.5. The van der Waals surface area contributed by atoms with E-state index in [1.165, 1.54) is 48.7 Å². The van der Waals surface area contributed by atoms with E-state index in [4.69, 9.17) is 0 Å². The molecule has 3 rings (SSSR count). The number of piperidine rings is 1. The highest BCUT2D eigenvalue weighted by molar-refractivity contribution is 5.86. The molecule has 0 aromatic heterocycles. The molecule has 0 radical (unpaired) electrons. The first kappa shape index (κ1) is 14.1. The van der Waals surface area contributed by atoms with E-state index in [9.17, 15) is 5.26 Å². The fourth-order valence-electron chi connectivity index (χ4n) is 3.34. The van der Waals surface area contributed by atoms with Gasteiger partial charge in [0.1, 0.15) is 0 Å². The molecule has 2 aromatic rings. The lowest BCUT2D eigenvalue weighted by Crippen LogP contribution is -2.31. The molecule has 2 aromatic carbocycles. The van der Waals surface area contributed by atoms with Gasteiger partial charge in [-0.15, -0.1) is 0 Å². The van der Waals surface area contributed by atoms with E-state index in [0.717, 1.165) is 13.0 Å². The maximum absolute atomic E-state index is 9.60. The van der Waals surface area contributed by atoms with Crippen molar-refractivity contribution < 1.29 is 0 Å². The van der Waals surface area contributed by atoms with Crippen LogP contribution in [0, 0.1) is 11.3 Å². The van der Waals surface area contributed by atoms with Crippen molar-refractivity contribution in [2.24, 2.45) is 0 Å². The molecule has 0 spiro atoms. The summed E-state index contributed by atoms with van der Waals surface area (Å²) < 4.78 is 0. The number of benzene rings is 2. The number of fused-ring (bicyclic) bond motifs is 1. The lowest BCUT2D eigenvalue weighted by Gasteiger charge is -2.27. The Labute approximate surface area is 127 Å². The predicted octanol–water partition coefficient (Wildman–Crippen LogP) is 4.32. The molecule has 0 bridgehead atoms. The van der Waals surface area contributed by atoms with Gasteiger partial charge in [0, 0.05) is 0 Å². The summed E-state index contributed by atoms with van der Waals surface area (Å²) in [5.74, 6) is -0.00183. The van der Waals surface area contributed by atoms with Gasteiger partial charge in [-0.3, -0.25) is 0 Å². The molecule has 1 aliphatic rings. The van der Waals surface area contributed by atoms with Gasteiger partial charge in [0.05, 0.1) is 12.0 Å². The van der Waals surface area contributed by atoms with Gasteiger partial charge in [0.25, 0.3) is 0 Å². The summed E-state index contributed by atoms with van der Waals surface area (Å²) in [6.07, 6.45) is 4.92. The minimum Gasteiger partial charge on any atom is -0.303 e. The second kappa shape index (κ2) is 6.74. The smallest absolute Gasteiger partial charge is 0.0730 e. The fraction of sp³-hybridized carbons (Fsp3) is 0.421. The topological polar surface area (TPSA) is 27.0 Å². The van der Waals surface area contributed by atoms with Crippen LogP contribution in [0.15, 0.2) is 42.5 Å². The van der Waals surface area contributed by atoms with E-state index < -0.39 is 0 Å². The summed E-state index contributed by atoms with van der Waals surface area (Å²) in [6, 6.07) is 17.2. The Bertz CT molecular complexity index is 630. The minimum absolute atomic E-state index is 0.00183. The second-order valence-electron chi connectivity index (χ2n) is 5.94. The van der Waals surface area contributed by atoms with Crippen molar-refractivity contribution in [2.45, 2.75) is 31.6 Å². The van der Waals surface area contributed by atoms with E-state index in [2.05, 4.69) is 53.4 Å². The zero-order valence-electron chi connectivity index (χ0n) is 12.5. The summed E-state index contributed by atoms with van der Waals surface area (Å²) in [5.41, 5.74) is 1.19. The molecule has 0 N–H and O–H groups in total. The van der Waals surface area contributed by atoms with Crippen LogP contribution in [0.3, 0.4) is 0 Å². The number of nitriles is 1. The average molecular weight is 278 g/mol. The zero-order chi connectivity index (χ0) is 14.5. The SMILES string of the molecule is N#C[C@@H](CCN1CCCCC1)c1cccc2ccccc12. The van der Waals surface area contributed by atoms with Crippen molar-refractivity contribution in [3.63, 3.8) is 0 Å². The van der Waals surface area contributed by atoms with Gasteiger partial charge in [0.2, 0.25) is 0 Å². The average Bonchev–Trinajstić information content (AvgIpc) is 2.56. The molecule has 1 fully saturated rings. The van der Waals surface area contributed by atoms with Crippen molar-refractivity contribution in [3.8, 4) is 6.07 Å². The van der Waals surface area contributed by atoms with Gasteiger partial charge in [0.15, 0.2) is 0 Å². The minimum atomic E-state index is -0.00183. The Morgan fingerprint density at radius 3 is 2.57 bits per heavy atom. The first-order valence-electron chi connectivity index (χ1n) is 7.98. The van der Waals surface area contributed by atoms with E-state index >= 15 is 0 Å². The van der Waals surface area contributed by atoms with Crippen LogP contribution in [0.5, 0.6) is 0 Å². The van der Waals surface area contributed by atoms with Crippen LogP contribution in [0.2, 0.25) is 0 Å². The largest absolute Gasteiger partial charge is 0.303 e. The predicted molar refractivity (Wildman–Crippen MR) is 87.2 cm³/mol. The van der Waals surface area contributed by atoms with E-state index in [0.29, 0.717) is 0 Å². The third-order valence-electron chi connectivity index (χ3n) is 4.54. The molecule has 1 saturated heterocycles. The lowest BCUT2D eigenvalue weighted by atomic mass is 9.92. The van der Waals surface area contributed by atoms with Crippen molar-refractivity contribution >= 4 is 10.8 Å². The third-order valence-corrected chi connectivity index (χ3v) is 4.54. The van der Waals surface area contributed by atoms with Crippen molar-refractivity contribution in [3.05, 3.63) is 48.0 Å². The van der Waals surface area contributed by atoms with Crippen LogP contribution in [0.4, 0.5) is 0 Å². The third kappa shape index (κ3) is 3.25. The second-order valence-corrected chi connectivity index (χ2v) is 5.94. The lowest BCUT2D eigenvalue weighted by molar-refractivity contribution is 0.224. The van der Waals surface area contributed by atoms with Crippen LogP contribution in [0.25, 0.3) is 10.8 Å². The van der Waals surface area contributed by atoms with E-state index in [-0.39, 0.29) is 5.92 Å². The van der Waals surface area contributed by atoms with Crippen molar-refractivity contribution in [1.29, 1.82) is 5.26 Å². The molecule has 1 heterocycles. The summed E-state index contributed by atoms with van der Waals surface area (Å²) >= 11 is 0. The number of likely N-dealkylation sites (tertiary alicyclic amines) is 1. The maximum Gasteiger partial charge on any atom is 0.0730 e. The van der Waals surface area contributed by atoms with Gasteiger partial charge in [-0.2, -0.15) is 5.26 Å². The number of rotatable bonds is 4. The molecule has 21 heavy (non-hydrogen) atoms. The molecule has 2 heteroatoms. The Balaban J connectivity index is 1.77. The highest BCUT2D eigenvalue weighted by atomic mass is 15.1. The van der Waals surface area contributed by atoms with Gasteiger partial charge in [-0.25, -0.2) is 0 Å². The van der Waals surface area contributed by atoms with Crippen LogP contribution in [-0.2, 0) is 0 Å². The highest BCUT2D eigenvalue weighted by Gasteiger charge is 2.16. The molecule has 0 aliphatic carbocycles.